The molecule has 0 aromatic carbocycles. The highest BCUT2D eigenvalue weighted by atomic mass is 16.6. The summed E-state index contributed by atoms with van der Waals surface area (Å²) < 4.78 is 8.59. The maximum atomic E-state index is 11.4. The molecule has 0 fully saturated rings. The third kappa shape index (κ3) is 5.39. The van der Waals surface area contributed by atoms with E-state index in [0.29, 0.717) is 0 Å². The number of hydrogen-bond donors (Lipinski definition) is 2. The van der Waals surface area contributed by atoms with Gasteiger partial charge < -0.3 is 19.7 Å². The van der Waals surface area contributed by atoms with Gasteiger partial charge in [-0.3, -0.25) is 14.4 Å². The van der Waals surface area contributed by atoms with Gasteiger partial charge in [0.2, 0.25) is 0 Å². The molecule has 0 saturated carbocycles. The number of ether oxygens (including phenoxy) is 2. The third-order valence-electron chi connectivity index (χ3n) is 1.80. The molecule has 0 aliphatic heterocycles. The van der Waals surface area contributed by atoms with Gasteiger partial charge in [0.05, 0.1) is 19.4 Å². The Morgan fingerprint density at radius 3 is 2.11 bits per heavy atom. The summed E-state index contributed by atoms with van der Waals surface area (Å²) in [7, 11) is 0. The van der Waals surface area contributed by atoms with Crippen LogP contribution in [0.3, 0.4) is 0 Å². The number of carboxylic acid groups (broad SMARTS) is 1. The number of rotatable bonds is 6. The lowest BCUT2D eigenvalue weighted by molar-refractivity contribution is -0.181. The minimum Gasteiger partial charge on any atom is -0.481 e. The Bertz CT molecular complexity index is 361. The predicted octanol–water partition coefficient (Wildman–Crippen LogP) is -0.765. The molecule has 0 aliphatic carbocycles. The highest BCUT2D eigenvalue weighted by Gasteiger charge is 2.43. The van der Waals surface area contributed by atoms with Gasteiger partial charge in [0, 0.05) is 6.92 Å². The van der Waals surface area contributed by atoms with Crippen molar-refractivity contribution in [3.05, 3.63) is 0 Å². The van der Waals surface area contributed by atoms with E-state index in [0.717, 1.165) is 6.92 Å². The van der Waals surface area contributed by atoms with Crippen LogP contribution in [0.4, 0.5) is 0 Å². The molecule has 0 aromatic rings. The van der Waals surface area contributed by atoms with E-state index in [-0.39, 0.29) is 6.61 Å². The minimum atomic E-state index is -2.62. The van der Waals surface area contributed by atoms with Gasteiger partial charge in [-0.05, 0) is 6.92 Å². The molecule has 8 nitrogen and oxygen atoms in total. The number of aliphatic hydroxyl groups is 1. The molecule has 18 heavy (non-hydrogen) atoms. The summed E-state index contributed by atoms with van der Waals surface area (Å²) in [6.07, 6.45) is -1.98. The number of aliphatic carboxylic acids is 1. The monoisotopic (exact) mass is 262 g/mol. The van der Waals surface area contributed by atoms with Crippen LogP contribution in [0.2, 0.25) is 0 Å². The highest BCUT2D eigenvalue weighted by Crippen LogP contribution is 2.19. The van der Waals surface area contributed by atoms with Crippen molar-refractivity contribution in [1.82, 2.24) is 0 Å². The standard InChI is InChI=1S/C10H14O8/c1-3-17-8(14)5-10(16,4-7(12)13)9(15)18-6(2)11/h16H,3-5H2,1-2H3,(H,12,13). The molecular formula is C10H14O8. The molecule has 8 heteroatoms. The van der Waals surface area contributed by atoms with E-state index in [1.165, 1.54) is 6.92 Å². The van der Waals surface area contributed by atoms with Crippen molar-refractivity contribution in [2.75, 3.05) is 6.61 Å². The summed E-state index contributed by atoms with van der Waals surface area (Å²) in [5.41, 5.74) is -2.62. The summed E-state index contributed by atoms with van der Waals surface area (Å²) >= 11 is 0. The second-order valence-corrected chi connectivity index (χ2v) is 3.46. The molecule has 102 valence electrons. The molecule has 1 atom stereocenters. The maximum Gasteiger partial charge on any atom is 0.346 e. The quantitative estimate of drug-likeness (QED) is 0.472. The molecule has 0 heterocycles. The van der Waals surface area contributed by atoms with E-state index >= 15 is 0 Å². The first-order valence-corrected chi connectivity index (χ1v) is 5.04. The Morgan fingerprint density at radius 2 is 1.72 bits per heavy atom. The van der Waals surface area contributed by atoms with Crippen molar-refractivity contribution in [2.45, 2.75) is 32.3 Å². The average Bonchev–Trinajstić information content (AvgIpc) is 2.14. The maximum absolute atomic E-state index is 11.4. The summed E-state index contributed by atoms with van der Waals surface area (Å²) in [5.74, 6) is -5.01. The van der Waals surface area contributed by atoms with Crippen LogP contribution in [0.1, 0.15) is 26.7 Å². The smallest absolute Gasteiger partial charge is 0.346 e. The fourth-order valence-corrected chi connectivity index (χ4v) is 1.13. The van der Waals surface area contributed by atoms with Crippen LogP contribution in [0.15, 0.2) is 0 Å². The molecule has 0 amide bonds. The number of esters is 3. The van der Waals surface area contributed by atoms with E-state index in [9.17, 15) is 24.3 Å². The van der Waals surface area contributed by atoms with Crippen molar-refractivity contribution in [3.8, 4) is 0 Å². The summed E-state index contributed by atoms with van der Waals surface area (Å²) in [4.78, 5) is 43.7. The van der Waals surface area contributed by atoms with E-state index in [1.54, 1.807) is 0 Å². The minimum absolute atomic E-state index is 0.00371. The molecule has 0 radical (unpaired) electrons. The average molecular weight is 262 g/mol. The van der Waals surface area contributed by atoms with Gasteiger partial charge in [-0.1, -0.05) is 0 Å². The Labute approximate surface area is 102 Å². The normalized spacial score (nSPS) is 13.3. The highest BCUT2D eigenvalue weighted by molar-refractivity contribution is 5.94. The lowest BCUT2D eigenvalue weighted by Crippen LogP contribution is -2.45. The molecule has 0 aromatic heterocycles. The van der Waals surface area contributed by atoms with Gasteiger partial charge in [-0.15, -0.1) is 0 Å². The third-order valence-corrected chi connectivity index (χ3v) is 1.80. The first-order valence-electron chi connectivity index (χ1n) is 5.04. The molecule has 2 N–H and O–H groups in total. The number of carbonyl (C=O) groups excluding carboxylic acids is 3. The molecule has 0 rings (SSSR count). The van der Waals surface area contributed by atoms with E-state index in [1.807, 2.05) is 0 Å². The number of carboxylic acids is 1. The fourth-order valence-electron chi connectivity index (χ4n) is 1.13. The Hall–Kier alpha value is -1.96. The number of carbonyl (C=O) groups is 4. The molecule has 0 aliphatic rings. The number of hydrogen-bond acceptors (Lipinski definition) is 7. The zero-order valence-corrected chi connectivity index (χ0v) is 9.97. The molecule has 1 unspecified atom stereocenters. The van der Waals surface area contributed by atoms with Crippen LogP contribution in [0.25, 0.3) is 0 Å². The van der Waals surface area contributed by atoms with Crippen molar-refractivity contribution in [2.24, 2.45) is 0 Å². The van der Waals surface area contributed by atoms with Crippen molar-refractivity contribution >= 4 is 23.9 Å². The molecular weight excluding hydrogens is 248 g/mol. The summed E-state index contributed by atoms with van der Waals surface area (Å²) in [6.45, 7) is 2.41. The van der Waals surface area contributed by atoms with Gasteiger partial charge in [-0.25, -0.2) is 4.79 Å². The SMILES string of the molecule is CCOC(=O)CC(O)(CC(=O)O)C(=O)OC(C)=O. The van der Waals surface area contributed by atoms with E-state index < -0.39 is 42.3 Å². The first kappa shape index (κ1) is 16.0. The van der Waals surface area contributed by atoms with Crippen LogP contribution in [0, 0.1) is 0 Å². The van der Waals surface area contributed by atoms with Gasteiger partial charge in [0.15, 0.2) is 5.60 Å². The molecule has 0 bridgehead atoms. The zero-order chi connectivity index (χ0) is 14.3. The van der Waals surface area contributed by atoms with Crippen LogP contribution >= 0.6 is 0 Å². The molecule has 0 spiro atoms. The fraction of sp³-hybridized carbons (Fsp3) is 0.600. The van der Waals surface area contributed by atoms with Crippen LogP contribution in [-0.4, -0.2) is 46.3 Å². The zero-order valence-electron chi connectivity index (χ0n) is 9.97. The Kier molecular flexibility index (Phi) is 5.97. The van der Waals surface area contributed by atoms with Crippen LogP contribution in [0.5, 0.6) is 0 Å². The second kappa shape index (κ2) is 6.70. The lowest BCUT2D eigenvalue weighted by atomic mass is 9.96. The summed E-state index contributed by atoms with van der Waals surface area (Å²) in [6, 6.07) is 0. The van der Waals surface area contributed by atoms with E-state index in [2.05, 4.69) is 9.47 Å². The van der Waals surface area contributed by atoms with Gasteiger partial charge >= 0.3 is 23.9 Å². The largest absolute Gasteiger partial charge is 0.481 e. The van der Waals surface area contributed by atoms with Crippen molar-refractivity contribution in [1.29, 1.82) is 0 Å². The van der Waals surface area contributed by atoms with Crippen LogP contribution in [-0.2, 0) is 28.7 Å². The predicted molar refractivity (Wildman–Crippen MR) is 55.2 cm³/mol. The van der Waals surface area contributed by atoms with Crippen molar-refractivity contribution in [3.63, 3.8) is 0 Å². The first-order chi connectivity index (χ1) is 8.21. The summed E-state index contributed by atoms with van der Waals surface area (Å²) in [5, 5.41) is 18.4. The van der Waals surface area contributed by atoms with Crippen LogP contribution < -0.4 is 0 Å². The Morgan fingerprint density at radius 1 is 1.17 bits per heavy atom. The van der Waals surface area contributed by atoms with Gasteiger partial charge in [-0.2, -0.15) is 0 Å². The van der Waals surface area contributed by atoms with Gasteiger partial charge in [0.25, 0.3) is 0 Å². The Balaban J connectivity index is 4.92. The van der Waals surface area contributed by atoms with Gasteiger partial charge in [0.1, 0.15) is 0 Å². The topological polar surface area (TPSA) is 127 Å². The van der Waals surface area contributed by atoms with E-state index in [4.69, 9.17) is 5.11 Å². The molecule has 0 saturated heterocycles. The van der Waals surface area contributed by atoms with Crippen molar-refractivity contribution < 1.29 is 38.9 Å². The lowest BCUT2D eigenvalue weighted by Gasteiger charge is -2.22. The second-order valence-electron chi connectivity index (χ2n) is 3.46.